The van der Waals surface area contributed by atoms with Gasteiger partial charge in [0.25, 0.3) is 11.4 Å². The van der Waals surface area contributed by atoms with E-state index in [4.69, 9.17) is 4.84 Å². The first-order chi connectivity index (χ1) is 14.5. The van der Waals surface area contributed by atoms with Crippen LogP contribution in [0.1, 0.15) is 23.7 Å². The van der Waals surface area contributed by atoms with Crippen molar-refractivity contribution in [3.63, 3.8) is 0 Å². The summed E-state index contributed by atoms with van der Waals surface area (Å²) < 4.78 is 0. The van der Waals surface area contributed by atoms with E-state index in [2.05, 4.69) is 0 Å². The van der Waals surface area contributed by atoms with Crippen molar-refractivity contribution in [3.05, 3.63) is 110 Å². The summed E-state index contributed by atoms with van der Waals surface area (Å²) in [6, 6.07) is 22.6. The molecule has 1 heterocycles. The van der Waals surface area contributed by atoms with Crippen LogP contribution in [0.4, 0.5) is 17.1 Å². The van der Waals surface area contributed by atoms with E-state index in [1.165, 1.54) is 24.3 Å². The van der Waals surface area contributed by atoms with Crippen molar-refractivity contribution in [2.75, 3.05) is 5.06 Å². The highest BCUT2D eigenvalue weighted by Gasteiger charge is 2.35. The van der Waals surface area contributed by atoms with E-state index in [0.29, 0.717) is 6.42 Å². The molecule has 4 rings (SSSR count). The lowest BCUT2D eigenvalue weighted by Crippen LogP contribution is -2.29. The zero-order valence-electron chi connectivity index (χ0n) is 16.0. The molecule has 0 spiro atoms. The molecule has 152 valence electrons. The quantitative estimate of drug-likeness (QED) is 0.423. The van der Waals surface area contributed by atoms with Gasteiger partial charge in [0.1, 0.15) is 6.10 Å². The Morgan fingerprint density at radius 3 is 1.97 bits per heavy atom. The molecule has 30 heavy (non-hydrogen) atoms. The molecule has 0 amide bonds. The van der Waals surface area contributed by atoms with E-state index in [1.54, 1.807) is 29.3 Å². The molecular weight excluding hydrogens is 386 g/mol. The van der Waals surface area contributed by atoms with Crippen LogP contribution in [0.3, 0.4) is 0 Å². The van der Waals surface area contributed by atoms with Crippen LogP contribution in [0.25, 0.3) is 0 Å². The third-order valence-corrected chi connectivity index (χ3v) is 5.16. The highest BCUT2D eigenvalue weighted by molar-refractivity contribution is 5.51. The SMILES string of the molecule is O=[N+]([O-])c1ccc(C[C@@H]2C[C@H](c3ccccc3)ON2c2ccc([N+](=O)[O-])cc2)cc1. The van der Waals surface area contributed by atoms with Crippen molar-refractivity contribution in [1.29, 1.82) is 0 Å². The third kappa shape index (κ3) is 4.13. The zero-order chi connectivity index (χ0) is 21.1. The Bertz CT molecular complexity index is 1040. The van der Waals surface area contributed by atoms with Crippen molar-refractivity contribution in [2.24, 2.45) is 0 Å². The Morgan fingerprint density at radius 2 is 1.40 bits per heavy atom. The van der Waals surface area contributed by atoms with Crippen LogP contribution in [0.15, 0.2) is 78.9 Å². The van der Waals surface area contributed by atoms with Gasteiger partial charge in [0.15, 0.2) is 0 Å². The highest BCUT2D eigenvalue weighted by Crippen LogP contribution is 2.38. The van der Waals surface area contributed by atoms with Gasteiger partial charge in [-0.25, -0.2) is 0 Å². The van der Waals surface area contributed by atoms with E-state index in [0.717, 1.165) is 23.2 Å². The second-order valence-electron chi connectivity index (χ2n) is 7.12. The van der Waals surface area contributed by atoms with Gasteiger partial charge in [-0.15, -0.1) is 0 Å². The van der Waals surface area contributed by atoms with E-state index in [9.17, 15) is 20.2 Å². The van der Waals surface area contributed by atoms with Gasteiger partial charge in [-0.2, -0.15) is 0 Å². The summed E-state index contributed by atoms with van der Waals surface area (Å²) >= 11 is 0. The highest BCUT2D eigenvalue weighted by atomic mass is 16.7. The Hall–Kier alpha value is -3.78. The molecule has 1 saturated heterocycles. The molecule has 1 aliphatic rings. The Kier molecular flexibility index (Phi) is 5.40. The molecule has 3 aromatic carbocycles. The fourth-order valence-corrected chi connectivity index (χ4v) is 3.66. The molecule has 1 fully saturated rings. The van der Waals surface area contributed by atoms with Crippen molar-refractivity contribution in [2.45, 2.75) is 25.0 Å². The number of hydrogen-bond acceptors (Lipinski definition) is 6. The van der Waals surface area contributed by atoms with Gasteiger partial charge in [-0.05, 0) is 29.7 Å². The van der Waals surface area contributed by atoms with Gasteiger partial charge < -0.3 is 0 Å². The average molecular weight is 405 g/mol. The standard InChI is InChI=1S/C22H19N3O5/c26-24(27)19-8-6-16(7-9-19)14-21-15-22(17-4-2-1-3-5-17)30-23(21)18-10-12-20(13-11-18)25(28)29/h1-13,21-22H,14-15H2/t21-,22-/m1/s1. The molecule has 0 N–H and O–H groups in total. The summed E-state index contributed by atoms with van der Waals surface area (Å²) in [5.74, 6) is 0. The van der Waals surface area contributed by atoms with Crippen LogP contribution >= 0.6 is 0 Å². The molecule has 8 heteroatoms. The average Bonchev–Trinajstić information content (AvgIpc) is 3.18. The van der Waals surface area contributed by atoms with Crippen LogP contribution in [0.2, 0.25) is 0 Å². The fourth-order valence-electron chi connectivity index (χ4n) is 3.66. The van der Waals surface area contributed by atoms with E-state index < -0.39 is 9.85 Å². The van der Waals surface area contributed by atoms with Gasteiger partial charge in [-0.3, -0.25) is 30.1 Å². The fraction of sp³-hybridized carbons (Fsp3) is 0.182. The summed E-state index contributed by atoms with van der Waals surface area (Å²) in [4.78, 5) is 27.2. The first-order valence-electron chi connectivity index (χ1n) is 9.50. The van der Waals surface area contributed by atoms with Crippen molar-refractivity contribution >= 4 is 17.1 Å². The van der Waals surface area contributed by atoms with E-state index >= 15 is 0 Å². The lowest BCUT2D eigenvalue weighted by atomic mass is 9.97. The van der Waals surface area contributed by atoms with Crippen LogP contribution < -0.4 is 5.06 Å². The molecular formula is C22H19N3O5. The maximum atomic E-state index is 11.0. The second kappa shape index (κ2) is 8.30. The molecule has 0 bridgehead atoms. The maximum absolute atomic E-state index is 11.0. The Balaban J connectivity index is 1.60. The van der Waals surface area contributed by atoms with Crippen LogP contribution in [0, 0.1) is 20.2 Å². The molecule has 0 aromatic heterocycles. The maximum Gasteiger partial charge on any atom is 0.269 e. The van der Waals surface area contributed by atoms with Crippen LogP contribution in [0.5, 0.6) is 0 Å². The normalized spacial score (nSPS) is 18.3. The van der Waals surface area contributed by atoms with Crippen molar-refractivity contribution < 1.29 is 14.7 Å². The Morgan fingerprint density at radius 1 is 0.833 bits per heavy atom. The monoisotopic (exact) mass is 405 g/mol. The summed E-state index contributed by atoms with van der Waals surface area (Å²) in [6.07, 6.45) is 1.19. The first-order valence-corrected chi connectivity index (χ1v) is 9.50. The lowest BCUT2D eigenvalue weighted by Gasteiger charge is -2.25. The number of nitro groups is 2. The Labute approximate surface area is 172 Å². The van der Waals surface area contributed by atoms with E-state index in [1.807, 2.05) is 30.3 Å². The number of hydroxylamine groups is 1. The first kappa shape index (κ1) is 19.5. The summed E-state index contributed by atoms with van der Waals surface area (Å²) in [5, 5.41) is 23.7. The van der Waals surface area contributed by atoms with Gasteiger partial charge in [-0.1, -0.05) is 42.5 Å². The summed E-state index contributed by atoms with van der Waals surface area (Å²) in [6.45, 7) is 0. The van der Waals surface area contributed by atoms with Gasteiger partial charge in [0.05, 0.1) is 21.6 Å². The lowest BCUT2D eigenvalue weighted by molar-refractivity contribution is -0.385. The zero-order valence-corrected chi connectivity index (χ0v) is 16.0. The minimum absolute atomic E-state index is 0.0180. The van der Waals surface area contributed by atoms with E-state index in [-0.39, 0.29) is 23.5 Å². The number of nitro benzene ring substituents is 2. The van der Waals surface area contributed by atoms with Gasteiger partial charge in [0.2, 0.25) is 0 Å². The minimum Gasteiger partial charge on any atom is -0.265 e. The second-order valence-corrected chi connectivity index (χ2v) is 7.12. The third-order valence-electron chi connectivity index (χ3n) is 5.16. The molecule has 0 aliphatic carbocycles. The molecule has 3 aromatic rings. The predicted molar refractivity (Wildman–Crippen MR) is 111 cm³/mol. The van der Waals surface area contributed by atoms with Crippen LogP contribution in [-0.2, 0) is 11.3 Å². The smallest absolute Gasteiger partial charge is 0.265 e. The van der Waals surface area contributed by atoms with Gasteiger partial charge in [0, 0.05) is 30.7 Å². The number of benzene rings is 3. The van der Waals surface area contributed by atoms with Crippen molar-refractivity contribution in [1.82, 2.24) is 0 Å². The number of anilines is 1. The number of hydrogen-bond donors (Lipinski definition) is 0. The topological polar surface area (TPSA) is 98.8 Å². The molecule has 1 aliphatic heterocycles. The van der Waals surface area contributed by atoms with Crippen molar-refractivity contribution in [3.8, 4) is 0 Å². The predicted octanol–water partition coefficient (Wildman–Crippen LogP) is 5.00. The minimum atomic E-state index is -0.435. The number of rotatable bonds is 6. The number of non-ortho nitro benzene ring substituents is 2. The molecule has 0 unspecified atom stereocenters. The summed E-state index contributed by atoms with van der Waals surface area (Å²) in [7, 11) is 0. The number of nitrogens with zero attached hydrogens (tertiary/aromatic N) is 3. The molecule has 0 saturated carbocycles. The molecule has 0 radical (unpaired) electrons. The summed E-state index contributed by atoms with van der Waals surface area (Å²) in [5.41, 5.74) is 2.80. The van der Waals surface area contributed by atoms with Gasteiger partial charge >= 0.3 is 0 Å². The molecule has 2 atom stereocenters. The largest absolute Gasteiger partial charge is 0.269 e. The molecule has 8 nitrogen and oxygen atoms in total. The van der Waals surface area contributed by atoms with Crippen LogP contribution in [-0.4, -0.2) is 15.9 Å².